The Morgan fingerprint density at radius 3 is 2.68 bits per heavy atom. The van der Waals surface area contributed by atoms with E-state index in [1.165, 1.54) is 6.33 Å². The van der Waals surface area contributed by atoms with Gasteiger partial charge in [0, 0.05) is 19.0 Å². The summed E-state index contributed by atoms with van der Waals surface area (Å²) in [6, 6.07) is 9.88. The Morgan fingerprint density at radius 2 is 2.00 bits per heavy atom. The van der Waals surface area contributed by atoms with E-state index >= 15 is 0 Å². The van der Waals surface area contributed by atoms with E-state index in [0.717, 1.165) is 5.56 Å². The van der Waals surface area contributed by atoms with Crippen molar-refractivity contribution in [1.29, 1.82) is 0 Å². The summed E-state index contributed by atoms with van der Waals surface area (Å²) in [6.45, 7) is 1.16. The standard InChI is InChI=1S/C13H13Cl2N3O/c14-6-7-18(8-10-4-2-1-3-5-10)12-11(15)13(19)17-9-16-12/h1-5,9H,6-8H2,(H,16,17,19). The van der Waals surface area contributed by atoms with E-state index in [-0.39, 0.29) is 10.6 Å². The molecule has 0 amide bonds. The van der Waals surface area contributed by atoms with Crippen molar-refractivity contribution in [3.63, 3.8) is 0 Å². The summed E-state index contributed by atoms with van der Waals surface area (Å²) in [7, 11) is 0. The van der Waals surface area contributed by atoms with Crippen LogP contribution >= 0.6 is 23.2 Å². The lowest BCUT2D eigenvalue weighted by atomic mass is 10.2. The summed E-state index contributed by atoms with van der Waals surface area (Å²) in [6.07, 6.45) is 1.34. The summed E-state index contributed by atoms with van der Waals surface area (Å²) in [4.78, 5) is 20.0. The lowest BCUT2D eigenvalue weighted by Gasteiger charge is -2.23. The SMILES string of the molecule is O=c1[nH]cnc(N(CCCl)Cc2ccccc2)c1Cl. The van der Waals surface area contributed by atoms with Crippen LogP contribution in [-0.4, -0.2) is 22.4 Å². The molecule has 6 heteroatoms. The van der Waals surface area contributed by atoms with Gasteiger partial charge in [0.2, 0.25) is 0 Å². The Labute approximate surface area is 121 Å². The number of aromatic amines is 1. The molecule has 0 aliphatic heterocycles. The predicted octanol–water partition coefficient (Wildman–Crippen LogP) is 2.67. The van der Waals surface area contributed by atoms with Crippen LogP contribution < -0.4 is 10.5 Å². The lowest BCUT2D eigenvalue weighted by Crippen LogP contribution is -2.28. The van der Waals surface area contributed by atoms with Crippen LogP contribution in [0, 0.1) is 0 Å². The molecule has 2 rings (SSSR count). The highest BCUT2D eigenvalue weighted by Crippen LogP contribution is 2.20. The van der Waals surface area contributed by atoms with Gasteiger partial charge in [-0.3, -0.25) is 4.79 Å². The molecular weight excluding hydrogens is 285 g/mol. The molecule has 2 aromatic rings. The number of hydrogen-bond acceptors (Lipinski definition) is 3. The minimum atomic E-state index is -0.348. The summed E-state index contributed by atoms with van der Waals surface area (Å²) < 4.78 is 0. The van der Waals surface area contributed by atoms with Crippen molar-refractivity contribution in [2.24, 2.45) is 0 Å². The fourth-order valence-corrected chi connectivity index (χ4v) is 2.19. The second kappa shape index (κ2) is 6.59. The molecule has 0 bridgehead atoms. The molecule has 0 saturated carbocycles. The van der Waals surface area contributed by atoms with Gasteiger partial charge in [0.1, 0.15) is 5.02 Å². The summed E-state index contributed by atoms with van der Waals surface area (Å²) in [5.74, 6) is 0.882. The highest BCUT2D eigenvalue weighted by atomic mass is 35.5. The number of hydrogen-bond donors (Lipinski definition) is 1. The van der Waals surface area contributed by atoms with Crippen LogP contribution in [0.5, 0.6) is 0 Å². The number of nitrogens with one attached hydrogen (secondary N) is 1. The van der Waals surface area contributed by atoms with Crippen LogP contribution in [0.1, 0.15) is 5.56 Å². The first-order chi connectivity index (χ1) is 9.22. The van der Waals surface area contributed by atoms with E-state index in [1.54, 1.807) is 0 Å². The Morgan fingerprint density at radius 1 is 1.26 bits per heavy atom. The monoisotopic (exact) mass is 297 g/mol. The topological polar surface area (TPSA) is 49.0 Å². The molecular formula is C13H13Cl2N3O. The predicted molar refractivity (Wildman–Crippen MR) is 78.1 cm³/mol. The third-order valence-corrected chi connectivity index (χ3v) is 3.16. The van der Waals surface area contributed by atoms with Crippen LogP contribution in [0.15, 0.2) is 41.5 Å². The molecule has 0 atom stereocenters. The van der Waals surface area contributed by atoms with Gasteiger partial charge in [-0.05, 0) is 5.56 Å². The normalized spacial score (nSPS) is 10.4. The Bertz CT molecular complexity index is 586. The maximum absolute atomic E-state index is 11.5. The van der Waals surface area contributed by atoms with Crippen LogP contribution in [0.25, 0.3) is 0 Å². The van der Waals surface area contributed by atoms with E-state index in [4.69, 9.17) is 23.2 Å². The van der Waals surface area contributed by atoms with Crippen molar-refractivity contribution in [3.05, 3.63) is 57.6 Å². The van der Waals surface area contributed by atoms with Crippen molar-refractivity contribution >= 4 is 29.0 Å². The van der Waals surface area contributed by atoms with Crippen molar-refractivity contribution in [1.82, 2.24) is 9.97 Å². The fourth-order valence-electron chi connectivity index (χ4n) is 1.76. The Hall–Kier alpha value is -1.52. The molecule has 0 aliphatic rings. The van der Waals surface area contributed by atoms with Gasteiger partial charge >= 0.3 is 0 Å². The third kappa shape index (κ3) is 3.49. The maximum atomic E-state index is 11.5. The number of aromatic nitrogens is 2. The second-order valence-electron chi connectivity index (χ2n) is 3.97. The molecule has 0 saturated heterocycles. The van der Waals surface area contributed by atoms with Gasteiger partial charge in [0.25, 0.3) is 5.56 Å². The quantitative estimate of drug-likeness (QED) is 0.863. The highest BCUT2D eigenvalue weighted by Gasteiger charge is 2.14. The van der Waals surface area contributed by atoms with Gasteiger partial charge in [0.05, 0.1) is 6.33 Å². The minimum Gasteiger partial charge on any atom is -0.350 e. The molecule has 1 aromatic heterocycles. The fraction of sp³-hybridized carbons (Fsp3) is 0.231. The third-order valence-electron chi connectivity index (χ3n) is 2.65. The largest absolute Gasteiger partial charge is 0.350 e. The van der Waals surface area contributed by atoms with Gasteiger partial charge in [-0.2, -0.15) is 0 Å². The molecule has 4 nitrogen and oxygen atoms in total. The molecule has 19 heavy (non-hydrogen) atoms. The van der Waals surface area contributed by atoms with E-state index in [0.29, 0.717) is 24.8 Å². The Kier molecular flexibility index (Phi) is 4.82. The van der Waals surface area contributed by atoms with E-state index in [1.807, 2.05) is 35.2 Å². The molecule has 1 heterocycles. The number of rotatable bonds is 5. The van der Waals surface area contributed by atoms with E-state index in [9.17, 15) is 4.79 Å². The zero-order chi connectivity index (χ0) is 13.7. The number of H-pyrrole nitrogens is 1. The molecule has 0 radical (unpaired) electrons. The number of nitrogens with zero attached hydrogens (tertiary/aromatic N) is 2. The second-order valence-corrected chi connectivity index (χ2v) is 4.72. The molecule has 1 N–H and O–H groups in total. The van der Waals surface area contributed by atoms with Crippen molar-refractivity contribution in [2.45, 2.75) is 6.54 Å². The van der Waals surface area contributed by atoms with Crippen LogP contribution in [-0.2, 0) is 6.54 Å². The van der Waals surface area contributed by atoms with Gasteiger partial charge in [0.15, 0.2) is 5.82 Å². The number of halogens is 2. The van der Waals surface area contributed by atoms with Crippen molar-refractivity contribution in [3.8, 4) is 0 Å². The zero-order valence-corrected chi connectivity index (χ0v) is 11.7. The first-order valence-electron chi connectivity index (χ1n) is 5.80. The van der Waals surface area contributed by atoms with E-state index < -0.39 is 0 Å². The van der Waals surface area contributed by atoms with Gasteiger partial charge in [-0.25, -0.2) is 4.98 Å². The molecule has 0 aliphatic carbocycles. The molecule has 1 aromatic carbocycles. The van der Waals surface area contributed by atoms with Crippen molar-refractivity contribution < 1.29 is 0 Å². The van der Waals surface area contributed by atoms with E-state index in [2.05, 4.69) is 9.97 Å². The number of benzene rings is 1. The first kappa shape index (κ1) is 13.9. The van der Waals surface area contributed by atoms with Gasteiger partial charge < -0.3 is 9.88 Å². The summed E-state index contributed by atoms with van der Waals surface area (Å²) in [5, 5.41) is 0.0866. The maximum Gasteiger partial charge on any atom is 0.271 e. The highest BCUT2D eigenvalue weighted by molar-refractivity contribution is 6.32. The molecule has 100 valence electrons. The first-order valence-corrected chi connectivity index (χ1v) is 6.71. The number of alkyl halides is 1. The molecule has 0 unspecified atom stereocenters. The van der Waals surface area contributed by atoms with Gasteiger partial charge in [-0.1, -0.05) is 41.9 Å². The van der Waals surface area contributed by atoms with Crippen LogP contribution in [0.3, 0.4) is 0 Å². The summed E-state index contributed by atoms with van der Waals surface area (Å²) in [5.41, 5.74) is 0.755. The van der Waals surface area contributed by atoms with Crippen molar-refractivity contribution in [2.75, 3.05) is 17.3 Å². The minimum absolute atomic E-state index is 0.0866. The zero-order valence-electron chi connectivity index (χ0n) is 10.1. The smallest absolute Gasteiger partial charge is 0.271 e. The van der Waals surface area contributed by atoms with Crippen LogP contribution in [0.2, 0.25) is 5.02 Å². The Balaban J connectivity index is 2.30. The average molecular weight is 298 g/mol. The molecule has 0 spiro atoms. The van der Waals surface area contributed by atoms with Gasteiger partial charge in [-0.15, -0.1) is 11.6 Å². The average Bonchev–Trinajstić information content (AvgIpc) is 2.43. The lowest BCUT2D eigenvalue weighted by molar-refractivity contribution is 0.811. The van der Waals surface area contributed by atoms with Crippen LogP contribution in [0.4, 0.5) is 5.82 Å². The molecule has 0 fully saturated rings. The number of anilines is 1. The summed E-state index contributed by atoms with van der Waals surface area (Å²) >= 11 is 11.8.